The highest BCUT2D eigenvalue weighted by Gasteiger charge is 2.06. The van der Waals surface area contributed by atoms with Crippen LogP contribution in [0.4, 0.5) is 0 Å². The number of nitrogens with one attached hydrogen (secondary N) is 1. The predicted molar refractivity (Wildman–Crippen MR) is 60.6 cm³/mol. The Morgan fingerprint density at radius 3 is 3.00 bits per heavy atom. The summed E-state index contributed by atoms with van der Waals surface area (Å²) in [6.07, 6.45) is 5.04. The summed E-state index contributed by atoms with van der Waals surface area (Å²) in [4.78, 5) is 8.23. The highest BCUT2D eigenvalue weighted by Crippen LogP contribution is 2.20. The molecule has 0 atom stereocenters. The second-order valence-electron chi connectivity index (χ2n) is 3.50. The first kappa shape index (κ1) is 9.59. The van der Waals surface area contributed by atoms with Gasteiger partial charge in [0.15, 0.2) is 5.82 Å². The third-order valence-corrected chi connectivity index (χ3v) is 2.33. The highest BCUT2D eigenvalue weighted by molar-refractivity contribution is 5.57. The summed E-state index contributed by atoms with van der Waals surface area (Å²) in [6, 6.07) is 6.83. The molecule has 0 spiro atoms. The van der Waals surface area contributed by atoms with Gasteiger partial charge >= 0.3 is 0 Å². The minimum atomic E-state index is 0.197. The molecule has 0 amide bonds. The van der Waals surface area contributed by atoms with Crippen molar-refractivity contribution in [3.8, 4) is 23.1 Å². The van der Waals surface area contributed by atoms with Crippen LogP contribution in [0.1, 0.15) is 0 Å². The summed E-state index contributed by atoms with van der Waals surface area (Å²) in [5.41, 5.74) is 0.781. The first-order chi connectivity index (χ1) is 8.33. The maximum Gasteiger partial charge on any atom is 0.254 e. The molecule has 6 nitrogen and oxygen atoms in total. The molecule has 3 aromatic rings. The van der Waals surface area contributed by atoms with Crippen LogP contribution in [0.5, 0.6) is 5.75 Å². The zero-order valence-electron chi connectivity index (χ0n) is 8.78. The number of nitrogens with zero attached hydrogens (tertiary/aromatic N) is 4. The molecule has 0 radical (unpaired) electrons. The molecule has 2 heterocycles. The maximum absolute atomic E-state index is 9.39. The van der Waals surface area contributed by atoms with Crippen LogP contribution in [-0.2, 0) is 0 Å². The summed E-state index contributed by atoms with van der Waals surface area (Å²) in [5.74, 6) is 1.31. The molecule has 0 bridgehead atoms. The van der Waals surface area contributed by atoms with Crippen molar-refractivity contribution in [3.05, 3.63) is 43.0 Å². The van der Waals surface area contributed by atoms with Crippen LogP contribution < -0.4 is 0 Å². The van der Waals surface area contributed by atoms with Crippen molar-refractivity contribution in [1.82, 2.24) is 24.7 Å². The van der Waals surface area contributed by atoms with Crippen LogP contribution in [0, 0.1) is 0 Å². The third kappa shape index (κ3) is 1.76. The molecule has 6 heteroatoms. The largest absolute Gasteiger partial charge is 0.508 e. The van der Waals surface area contributed by atoms with E-state index in [9.17, 15) is 5.11 Å². The van der Waals surface area contributed by atoms with E-state index in [-0.39, 0.29) is 5.75 Å². The lowest BCUT2D eigenvalue weighted by molar-refractivity contribution is 0.475. The summed E-state index contributed by atoms with van der Waals surface area (Å²) >= 11 is 0. The van der Waals surface area contributed by atoms with Crippen LogP contribution in [0.15, 0.2) is 43.0 Å². The topological polar surface area (TPSA) is 79.6 Å². The number of phenols is 1. The maximum atomic E-state index is 9.39. The molecular formula is C11H9N5O. The molecular weight excluding hydrogens is 218 g/mol. The number of rotatable bonds is 2. The summed E-state index contributed by atoms with van der Waals surface area (Å²) in [5, 5.41) is 16.3. The molecule has 0 aliphatic carbocycles. The van der Waals surface area contributed by atoms with E-state index in [2.05, 4.69) is 20.2 Å². The van der Waals surface area contributed by atoms with Gasteiger partial charge in [0.05, 0.1) is 0 Å². The molecule has 0 fully saturated rings. The quantitative estimate of drug-likeness (QED) is 0.692. The number of aromatic hydroxyl groups is 1. The molecule has 2 N–H and O–H groups in total. The van der Waals surface area contributed by atoms with Crippen LogP contribution in [0.25, 0.3) is 17.3 Å². The van der Waals surface area contributed by atoms with Gasteiger partial charge in [0.25, 0.3) is 5.95 Å². The molecule has 17 heavy (non-hydrogen) atoms. The number of imidazole rings is 1. The Hall–Kier alpha value is -2.63. The third-order valence-electron chi connectivity index (χ3n) is 2.33. The number of aromatic nitrogens is 5. The summed E-state index contributed by atoms with van der Waals surface area (Å²) in [6.45, 7) is 0. The van der Waals surface area contributed by atoms with Gasteiger partial charge in [-0.25, -0.2) is 4.98 Å². The van der Waals surface area contributed by atoms with Gasteiger partial charge in [0.2, 0.25) is 0 Å². The van der Waals surface area contributed by atoms with Gasteiger partial charge in [-0.15, -0.1) is 5.10 Å². The van der Waals surface area contributed by atoms with E-state index >= 15 is 0 Å². The van der Waals surface area contributed by atoms with Crippen molar-refractivity contribution >= 4 is 0 Å². The Balaban J connectivity index is 2.01. The van der Waals surface area contributed by atoms with Crippen molar-refractivity contribution < 1.29 is 5.11 Å². The Morgan fingerprint density at radius 2 is 2.24 bits per heavy atom. The average molecular weight is 227 g/mol. The second kappa shape index (κ2) is 3.75. The molecule has 3 rings (SSSR count). The zero-order valence-corrected chi connectivity index (χ0v) is 8.78. The Labute approximate surface area is 96.6 Å². The smallest absolute Gasteiger partial charge is 0.254 e. The fourth-order valence-electron chi connectivity index (χ4n) is 1.53. The number of aromatic amines is 1. The van der Waals surface area contributed by atoms with E-state index in [1.807, 2.05) is 6.07 Å². The molecule has 0 aliphatic heterocycles. The highest BCUT2D eigenvalue weighted by atomic mass is 16.3. The number of benzene rings is 1. The Morgan fingerprint density at radius 1 is 1.29 bits per heavy atom. The van der Waals surface area contributed by atoms with Gasteiger partial charge in [0.1, 0.15) is 12.1 Å². The minimum absolute atomic E-state index is 0.197. The van der Waals surface area contributed by atoms with E-state index in [1.165, 1.54) is 0 Å². The molecule has 0 aliphatic rings. The molecule has 0 saturated heterocycles. The molecule has 2 aromatic heterocycles. The van der Waals surface area contributed by atoms with E-state index in [4.69, 9.17) is 0 Å². The van der Waals surface area contributed by atoms with Crippen molar-refractivity contribution in [2.75, 3.05) is 0 Å². The van der Waals surface area contributed by atoms with Gasteiger partial charge in [-0.1, -0.05) is 12.1 Å². The first-order valence-corrected chi connectivity index (χ1v) is 5.03. The normalized spacial score (nSPS) is 10.6. The van der Waals surface area contributed by atoms with Gasteiger partial charge in [-0.3, -0.25) is 9.67 Å². The number of H-pyrrole nitrogens is 1. The van der Waals surface area contributed by atoms with E-state index < -0.39 is 0 Å². The van der Waals surface area contributed by atoms with Crippen LogP contribution >= 0.6 is 0 Å². The summed E-state index contributed by atoms with van der Waals surface area (Å²) < 4.78 is 1.70. The van der Waals surface area contributed by atoms with Gasteiger partial charge in [0, 0.05) is 18.0 Å². The lowest BCUT2D eigenvalue weighted by atomic mass is 10.2. The van der Waals surface area contributed by atoms with Gasteiger partial charge in [-0.05, 0) is 12.1 Å². The monoisotopic (exact) mass is 227 g/mol. The minimum Gasteiger partial charge on any atom is -0.508 e. The van der Waals surface area contributed by atoms with E-state index in [0.29, 0.717) is 11.8 Å². The number of phenolic OH excluding ortho intramolecular Hbond substituents is 1. The lowest BCUT2D eigenvalue weighted by Crippen LogP contribution is -1.92. The standard InChI is InChI=1S/C11H9N5O/c17-9-3-1-2-8(6-9)10-13-11(15-14-10)16-5-4-12-7-16/h1-7,17H,(H,13,14,15). The lowest BCUT2D eigenvalue weighted by Gasteiger charge is -1.96. The van der Waals surface area contributed by atoms with Crippen molar-refractivity contribution in [2.24, 2.45) is 0 Å². The fraction of sp³-hybridized carbons (Fsp3) is 0. The number of hydrogen-bond donors (Lipinski definition) is 2. The average Bonchev–Trinajstić information content (AvgIpc) is 3.00. The first-order valence-electron chi connectivity index (χ1n) is 5.03. The molecule has 0 unspecified atom stereocenters. The van der Waals surface area contributed by atoms with E-state index in [0.717, 1.165) is 5.56 Å². The van der Waals surface area contributed by atoms with Crippen LogP contribution in [0.3, 0.4) is 0 Å². The fourth-order valence-corrected chi connectivity index (χ4v) is 1.53. The predicted octanol–water partition coefficient (Wildman–Crippen LogP) is 1.36. The Kier molecular flexibility index (Phi) is 2.11. The second-order valence-corrected chi connectivity index (χ2v) is 3.50. The van der Waals surface area contributed by atoms with Gasteiger partial charge < -0.3 is 5.11 Å². The van der Waals surface area contributed by atoms with Crippen molar-refractivity contribution in [3.63, 3.8) is 0 Å². The molecule has 1 aromatic carbocycles. The number of hydrogen-bond acceptors (Lipinski definition) is 4. The van der Waals surface area contributed by atoms with Crippen LogP contribution in [-0.4, -0.2) is 29.8 Å². The van der Waals surface area contributed by atoms with Crippen LogP contribution in [0.2, 0.25) is 0 Å². The molecule has 84 valence electrons. The van der Waals surface area contributed by atoms with E-state index in [1.54, 1.807) is 41.5 Å². The SMILES string of the molecule is Oc1cccc(-c2nc(-n3ccnc3)n[nH]2)c1. The zero-order chi connectivity index (χ0) is 11.7. The molecule has 0 saturated carbocycles. The van der Waals surface area contributed by atoms with Crippen molar-refractivity contribution in [2.45, 2.75) is 0 Å². The van der Waals surface area contributed by atoms with Crippen molar-refractivity contribution in [1.29, 1.82) is 0 Å². The Bertz CT molecular complexity index is 629. The van der Waals surface area contributed by atoms with Gasteiger partial charge in [-0.2, -0.15) is 4.98 Å². The summed E-state index contributed by atoms with van der Waals surface area (Å²) in [7, 11) is 0.